The molecule has 1 amide bonds. The zero-order valence-corrected chi connectivity index (χ0v) is 29.6. The first-order valence-electron chi connectivity index (χ1n) is 15.1. The van der Waals surface area contributed by atoms with Crippen LogP contribution in [0.25, 0.3) is 0 Å². The minimum Gasteiger partial charge on any atom is -0.494 e. The average Bonchev–Trinajstić information content (AvgIpc) is 3.03. The number of anilines is 6. The van der Waals surface area contributed by atoms with Gasteiger partial charge in [0, 0.05) is 56.7 Å². The highest BCUT2D eigenvalue weighted by Gasteiger charge is 2.29. The third-order valence-corrected chi connectivity index (χ3v) is 10.6. The molecule has 46 heavy (non-hydrogen) atoms. The van der Waals surface area contributed by atoms with Crippen LogP contribution < -0.4 is 30.9 Å². The second kappa shape index (κ2) is 15.0. The minimum absolute atomic E-state index is 0.226. The van der Waals surface area contributed by atoms with Gasteiger partial charge in [0.05, 0.1) is 36.1 Å². The molecule has 0 atom stereocenters. The summed E-state index contributed by atoms with van der Waals surface area (Å²) < 4.78 is 18.7. The van der Waals surface area contributed by atoms with Gasteiger partial charge in [-0.15, -0.1) is 0 Å². The van der Waals surface area contributed by atoms with Gasteiger partial charge < -0.3 is 35.1 Å². The normalized spacial score (nSPS) is 16.8. The molecule has 2 aromatic carbocycles. The van der Waals surface area contributed by atoms with Crippen LogP contribution >= 0.6 is 41.9 Å². The average molecular weight is 710 g/mol. The van der Waals surface area contributed by atoms with Crippen LogP contribution in [-0.2, 0) is 9.36 Å². The molecule has 0 spiro atoms. The molecule has 15 heteroatoms. The highest BCUT2D eigenvalue weighted by atomic mass is 35.5. The van der Waals surface area contributed by atoms with Crippen LogP contribution in [0.1, 0.15) is 12.8 Å². The van der Waals surface area contributed by atoms with Gasteiger partial charge in [-0.3, -0.25) is 9.69 Å². The molecule has 0 radical (unpaired) electrons. The number of hydrogen-bond acceptors (Lipinski definition) is 10. The summed E-state index contributed by atoms with van der Waals surface area (Å²) in [6, 6.07) is 11.5. The maximum Gasteiger partial charge on any atom is 0.257 e. The van der Waals surface area contributed by atoms with Crippen molar-refractivity contribution in [1.29, 1.82) is 0 Å². The fourth-order valence-corrected chi connectivity index (χ4v) is 7.26. The van der Waals surface area contributed by atoms with Crippen LogP contribution in [0.4, 0.5) is 34.5 Å². The van der Waals surface area contributed by atoms with Crippen molar-refractivity contribution in [3.8, 4) is 5.75 Å². The van der Waals surface area contributed by atoms with Gasteiger partial charge in [0.25, 0.3) is 5.91 Å². The molecule has 2 aliphatic heterocycles. The third kappa shape index (κ3) is 8.37. The number of carbonyl (C=O) groups excluding carboxylic acids is 1. The lowest BCUT2D eigenvalue weighted by atomic mass is 10.0. The molecule has 0 saturated carbocycles. The van der Waals surface area contributed by atoms with Gasteiger partial charge in [-0.05, 0) is 51.4 Å². The number of likely N-dealkylation sites (N-methyl/N-ethyl adjacent to an activating group) is 1. The fourth-order valence-electron chi connectivity index (χ4n) is 5.86. The van der Waals surface area contributed by atoms with Crippen molar-refractivity contribution < 1.29 is 14.1 Å². The van der Waals surface area contributed by atoms with Gasteiger partial charge in [0.15, 0.2) is 10.7 Å². The molecule has 1 aromatic heterocycles. The number of halogens is 3. The van der Waals surface area contributed by atoms with Crippen molar-refractivity contribution >= 4 is 87.7 Å². The van der Waals surface area contributed by atoms with Crippen molar-refractivity contribution in [3.05, 3.63) is 47.6 Å². The molecule has 0 bridgehead atoms. The molecule has 0 aliphatic carbocycles. The van der Waals surface area contributed by atoms with Crippen molar-refractivity contribution in [2.24, 2.45) is 0 Å². The second-order valence-electron chi connectivity index (χ2n) is 11.9. The molecule has 3 heterocycles. The van der Waals surface area contributed by atoms with E-state index in [0.717, 1.165) is 57.8 Å². The Morgan fingerprint density at radius 1 is 1.00 bits per heavy atom. The molecule has 11 nitrogen and oxygen atoms in total. The van der Waals surface area contributed by atoms with Gasteiger partial charge in [-0.2, -0.15) is 4.98 Å². The van der Waals surface area contributed by atoms with Gasteiger partial charge in [-0.25, -0.2) is 4.98 Å². The van der Waals surface area contributed by atoms with E-state index >= 15 is 0 Å². The number of carbonyl (C=O) groups is 1. The lowest BCUT2D eigenvalue weighted by Gasteiger charge is -2.43. The first kappa shape index (κ1) is 34.5. The molecule has 3 aromatic rings. The smallest absolute Gasteiger partial charge is 0.257 e. The van der Waals surface area contributed by atoms with E-state index in [1.165, 1.54) is 6.20 Å². The highest BCUT2D eigenvalue weighted by molar-refractivity contribution is 7.70. The Morgan fingerprint density at radius 2 is 1.70 bits per heavy atom. The second-order valence-corrected chi connectivity index (χ2v) is 16.6. The van der Waals surface area contributed by atoms with Crippen molar-refractivity contribution in [2.45, 2.75) is 23.7 Å². The van der Waals surface area contributed by atoms with E-state index < -0.39 is 17.9 Å². The summed E-state index contributed by atoms with van der Waals surface area (Å²) in [5.74, 6) is 0.549. The Morgan fingerprint density at radius 3 is 2.35 bits per heavy atom. The quantitative estimate of drug-likeness (QED) is 0.176. The summed E-state index contributed by atoms with van der Waals surface area (Å²) in [7, 11) is 1.16. The third-order valence-electron chi connectivity index (χ3n) is 8.36. The minimum atomic E-state index is -2.58. The number of methoxy groups -OCH3 is 1. The molecule has 2 fully saturated rings. The summed E-state index contributed by atoms with van der Waals surface area (Å²) in [5, 5.41) is 10.3. The SMILES string of the molecule is COc1cc(N2CCC(N3CCN(C)CC3)CC2)c(NC(=O)C(Cl)Cl)cc1Nc1ncc(Cl)c(Nc2ccccc2P(C)(C)=O)n1. The Bertz CT molecular complexity index is 1590. The largest absolute Gasteiger partial charge is 0.494 e. The van der Waals surface area contributed by atoms with Gasteiger partial charge in [0.1, 0.15) is 17.9 Å². The molecule has 2 aliphatic rings. The first-order chi connectivity index (χ1) is 21.9. The number of piperidine rings is 1. The summed E-state index contributed by atoms with van der Waals surface area (Å²) in [4.78, 5) is 27.6. The van der Waals surface area contributed by atoms with Gasteiger partial charge in [0.2, 0.25) is 5.95 Å². The molecule has 3 N–H and O–H groups in total. The molecule has 5 rings (SSSR count). The molecular formula is C31H40Cl3N8O3P. The molecule has 248 valence electrons. The summed E-state index contributed by atoms with van der Waals surface area (Å²) in [5.41, 5.74) is 2.49. The number of para-hydroxylation sites is 1. The summed E-state index contributed by atoms with van der Waals surface area (Å²) in [6.45, 7) is 9.39. The number of aromatic nitrogens is 2. The van der Waals surface area contributed by atoms with Crippen LogP contribution in [0.15, 0.2) is 42.6 Å². The van der Waals surface area contributed by atoms with Crippen LogP contribution in [0.5, 0.6) is 5.75 Å². The Balaban J connectivity index is 1.40. The maximum atomic E-state index is 12.9. The number of benzene rings is 2. The summed E-state index contributed by atoms with van der Waals surface area (Å²) >= 11 is 18.3. The van der Waals surface area contributed by atoms with Crippen LogP contribution in [0, 0.1) is 0 Å². The highest BCUT2D eigenvalue weighted by Crippen LogP contribution is 2.41. The number of nitrogens with one attached hydrogen (secondary N) is 3. The van der Waals surface area contributed by atoms with Crippen molar-refractivity contribution in [1.82, 2.24) is 19.8 Å². The van der Waals surface area contributed by atoms with Crippen LogP contribution in [0.3, 0.4) is 0 Å². The van der Waals surface area contributed by atoms with Gasteiger partial charge >= 0.3 is 0 Å². The predicted octanol–water partition coefficient (Wildman–Crippen LogP) is 5.83. The van der Waals surface area contributed by atoms with Gasteiger partial charge in [-0.1, -0.05) is 46.9 Å². The molecular weight excluding hydrogens is 670 g/mol. The Kier molecular flexibility index (Phi) is 11.2. The standard InChI is InChI=1S/C31H40Cl3N8O3P/c1-40-13-15-41(16-14-40)20-9-11-42(12-10-20)25-18-26(45-2)24(17-23(25)37-30(43)28(33)34)38-31-35-19-21(32)29(39-31)36-22-7-5-6-8-27(22)46(3,4)44/h5-8,17-20,28H,9-16H2,1-4H3,(H,37,43)(H2,35,36,38,39). The maximum absolute atomic E-state index is 12.9. The molecule has 2 saturated heterocycles. The van der Waals surface area contributed by atoms with E-state index in [9.17, 15) is 9.36 Å². The number of alkyl halides is 2. The van der Waals surface area contributed by atoms with E-state index in [0.29, 0.717) is 40.0 Å². The van der Waals surface area contributed by atoms with E-state index in [2.05, 4.69) is 47.7 Å². The number of piperazine rings is 1. The first-order valence-corrected chi connectivity index (χ1v) is 19.0. The van der Waals surface area contributed by atoms with Crippen molar-refractivity contribution in [3.63, 3.8) is 0 Å². The Labute approximate surface area is 285 Å². The monoisotopic (exact) mass is 708 g/mol. The van der Waals surface area contributed by atoms with E-state index in [4.69, 9.17) is 39.5 Å². The lowest BCUT2D eigenvalue weighted by molar-refractivity contribution is -0.114. The van der Waals surface area contributed by atoms with Crippen LogP contribution in [0.2, 0.25) is 5.02 Å². The Hall–Kier alpha value is -2.79. The summed E-state index contributed by atoms with van der Waals surface area (Å²) in [6.07, 6.45) is 3.49. The van der Waals surface area contributed by atoms with E-state index in [1.807, 2.05) is 30.3 Å². The lowest BCUT2D eigenvalue weighted by Crippen LogP contribution is -2.52. The predicted molar refractivity (Wildman–Crippen MR) is 191 cm³/mol. The fraction of sp³-hybridized carbons (Fsp3) is 0.452. The number of hydrogen-bond donors (Lipinski definition) is 3. The number of ether oxygens (including phenoxy) is 1. The van der Waals surface area contributed by atoms with E-state index in [-0.39, 0.29) is 11.0 Å². The van der Waals surface area contributed by atoms with E-state index in [1.54, 1.807) is 26.5 Å². The van der Waals surface area contributed by atoms with Crippen molar-refractivity contribution in [2.75, 3.05) is 87.6 Å². The zero-order chi connectivity index (χ0) is 33.0. The molecule has 0 unspecified atom stereocenters. The number of nitrogens with zero attached hydrogens (tertiary/aromatic N) is 5. The van der Waals surface area contributed by atoms with Crippen LogP contribution in [-0.4, -0.2) is 103 Å². The zero-order valence-electron chi connectivity index (χ0n) is 26.4. The number of amides is 1. The number of rotatable bonds is 10. The topological polar surface area (TPSA) is 115 Å².